The second kappa shape index (κ2) is 4.21. The summed E-state index contributed by atoms with van der Waals surface area (Å²) in [7, 11) is 1.63. The second-order valence-electron chi connectivity index (χ2n) is 3.22. The van der Waals surface area contributed by atoms with E-state index < -0.39 is 0 Å². The number of rotatable bonds is 3. The fourth-order valence-corrected chi connectivity index (χ4v) is 1.16. The lowest BCUT2D eigenvalue weighted by Gasteiger charge is -2.11. The standard InChI is InChI=1S/C10H16N2O/c1-5-7(2)9-10(13-4)11-6-8(3)12-9/h6-7H,5H2,1-4H3/t7-/m0/s1. The van der Waals surface area contributed by atoms with E-state index in [1.165, 1.54) is 0 Å². The Kier molecular flexibility index (Phi) is 3.23. The lowest BCUT2D eigenvalue weighted by atomic mass is 10.1. The van der Waals surface area contributed by atoms with Gasteiger partial charge in [-0.3, -0.25) is 4.98 Å². The quantitative estimate of drug-likeness (QED) is 0.716. The van der Waals surface area contributed by atoms with Gasteiger partial charge in [-0.1, -0.05) is 13.8 Å². The first-order chi connectivity index (χ1) is 6.19. The van der Waals surface area contributed by atoms with E-state index in [4.69, 9.17) is 4.74 Å². The molecular formula is C10H16N2O. The van der Waals surface area contributed by atoms with Crippen LogP contribution < -0.4 is 4.74 Å². The van der Waals surface area contributed by atoms with Crippen molar-refractivity contribution in [3.8, 4) is 5.88 Å². The van der Waals surface area contributed by atoms with E-state index >= 15 is 0 Å². The van der Waals surface area contributed by atoms with Crippen molar-refractivity contribution in [3.63, 3.8) is 0 Å². The summed E-state index contributed by atoms with van der Waals surface area (Å²) in [5, 5.41) is 0. The molecule has 0 unspecified atom stereocenters. The third kappa shape index (κ3) is 2.17. The summed E-state index contributed by atoms with van der Waals surface area (Å²) < 4.78 is 5.15. The molecule has 0 radical (unpaired) electrons. The van der Waals surface area contributed by atoms with Crippen LogP contribution in [0.25, 0.3) is 0 Å². The molecule has 13 heavy (non-hydrogen) atoms. The van der Waals surface area contributed by atoms with Crippen LogP contribution in [0.5, 0.6) is 5.88 Å². The average molecular weight is 180 g/mol. The van der Waals surface area contributed by atoms with E-state index in [9.17, 15) is 0 Å². The summed E-state index contributed by atoms with van der Waals surface area (Å²) >= 11 is 0. The monoisotopic (exact) mass is 180 g/mol. The van der Waals surface area contributed by atoms with E-state index in [1.807, 2.05) is 6.92 Å². The molecule has 0 aromatic carbocycles. The van der Waals surface area contributed by atoms with Crippen LogP contribution in [0.1, 0.15) is 37.6 Å². The van der Waals surface area contributed by atoms with E-state index in [0.29, 0.717) is 11.8 Å². The summed E-state index contributed by atoms with van der Waals surface area (Å²) in [5.41, 5.74) is 1.90. The largest absolute Gasteiger partial charge is 0.480 e. The van der Waals surface area contributed by atoms with Crippen LogP contribution in [0, 0.1) is 6.92 Å². The fraction of sp³-hybridized carbons (Fsp3) is 0.600. The summed E-state index contributed by atoms with van der Waals surface area (Å²) in [6.07, 6.45) is 2.78. The van der Waals surface area contributed by atoms with Crippen LogP contribution in [-0.4, -0.2) is 17.1 Å². The Morgan fingerprint density at radius 2 is 2.23 bits per heavy atom. The molecule has 72 valence electrons. The van der Waals surface area contributed by atoms with Gasteiger partial charge < -0.3 is 4.74 Å². The van der Waals surface area contributed by atoms with Crippen molar-refractivity contribution in [2.24, 2.45) is 0 Å². The number of aromatic nitrogens is 2. The third-order valence-corrected chi connectivity index (χ3v) is 2.16. The zero-order chi connectivity index (χ0) is 9.84. The summed E-state index contributed by atoms with van der Waals surface area (Å²) in [6, 6.07) is 0. The third-order valence-electron chi connectivity index (χ3n) is 2.16. The summed E-state index contributed by atoms with van der Waals surface area (Å²) in [4.78, 5) is 8.61. The lowest BCUT2D eigenvalue weighted by molar-refractivity contribution is 0.384. The molecule has 0 aliphatic heterocycles. The molecule has 1 atom stereocenters. The molecule has 0 aliphatic carbocycles. The Labute approximate surface area is 79.2 Å². The van der Waals surface area contributed by atoms with Crippen LogP contribution >= 0.6 is 0 Å². The molecule has 0 aliphatic rings. The number of nitrogens with zero attached hydrogens (tertiary/aromatic N) is 2. The first kappa shape index (κ1) is 9.96. The molecule has 3 nitrogen and oxygen atoms in total. The van der Waals surface area contributed by atoms with Crippen molar-refractivity contribution in [1.29, 1.82) is 0 Å². The highest BCUT2D eigenvalue weighted by Crippen LogP contribution is 2.24. The van der Waals surface area contributed by atoms with Gasteiger partial charge in [0.1, 0.15) is 5.69 Å². The highest BCUT2D eigenvalue weighted by molar-refractivity contribution is 5.22. The fourth-order valence-electron chi connectivity index (χ4n) is 1.16. The van der Waals surface area contributed by atoms with Gasteiger partial charge in [-0.2, -0.15) is 0 Å². The van der Waals surface area contributed by atoms with Crippen LogP contribution in [-0.2, 0) is 0 Å². The molecule has 0 spiro atoms. The summed E-state index contributed by atoms with van der Waals surface area (Å²) in [6.45, 7) is 6.21. The smallest absolute Gasteiger partial charge is 0.235 e. The SMILES string of the molecule is CC[C@H](C)c1nc(C)cnc1OC. The Bertz CT molecular complexity index is 286. The van der Waals surface area contributed by atoms with Gasteiger partial charge in [-0.05, 0) is 13.3 Å². The van der Waals surface area contributed by atoms with E-state index in [2.05, 4.69) is 23.8 Å². The van der Waals surface area contributed by atoms with Gasteiger partial charge in [0.15, 0.2) is 0 Å². The molecule has 1 heterocycles. The predicted octanol–water partition coefficient (Wildman–Crippen LogP) is 2.31. The minimum atomic E-state index is 0.405. The molecule has 0 fully saturated rings. The number of aryl methyl sites for hydroxylation is 1. The maximum absolute atomic E-state index is 5.15. The van der Waals surface area contributed by atoms with Gasteiger partial charge in [0.25, 0.3) is 0 Å². The minimum Gasteiger partial charge on any atom is -0.480 e. The molecule has 1 aromatic heterocycles. The molecule has 0 saturated heterocycles. The predicted molar refractivity (Wildman–Crippen MR) is 52.0 cm³/mol. The van der Waals surface area contributed by atoms with E-state index in [0.717, 1.165) is 17.8 Å². The highest BCUT2D eigenvalue weighted by Gasteiger charge is 2.12. The van der Waals surface area contributed by atoms with E-state index in [1.54, 1.807) is 13.3 Å². The number of ether oxygens (including phenoxy) is 1. The van der Waals surface area contributed by atoms with Gasteiger partial charge in [0.05, 0.1) is 19.0 Å². The van der Waals surface area contributed by atoms with Crippen molar-refractivity contribution in [2.75, 3.05) is 7.11 Å². The van der Waals surface area contributed by atoms with Crippen LogP contribution in [0.2, 0.25) is 0 Å². The van der Waals surface area contributed by atoms with Crippen molar-refractivity contribution in [2.45, 2.75) is 33.1 Å². The van der Waals surface area contributed by atoms with Gasteiger partial charge in [-0.25, -0.2) is 4.98 Å². The molecular weight excluding hydrogens is 164 g/mol. The molecule has 1 aromatic rings. The Morgan fingerprint density at radius 3 is 2.77 bits per heavy atom. The Balaban J connectivity index is 3.07. The van der Waals surface area contributed by atoms with Crippen molar-refractivity contribution >= 4 is 0 Å². The number of hydrogen-bond acceptors (Lipinski definition) is 3. The zero-order valence-corrected chi connectivity index (χ0v) is 8.66. The van der Waals surface area contributed by atoms with Crippen molar-refractivity contribution < 1.29 is 4.74 Å². The van der Waals surface area contributed by atoms with Gasteiger partial charge >= 0.3 is 0 Å². The van der Waals surface area contributed by atoms with E-state index in [-0.39, 0.29) is 0 Å². The minimum absolute atomic E-state index is 0.405. The number of methoxy groups -OCH3 is 1. The molecule has 0 amide bonds. The maximum atomic E-state index is 5.15. The molecule has 0 saturated carbocycles. The summed E-state index contributed by atoms with van der Waals surface area (Å²) in [5.74, 6) is 1.06. The Hall–Kier alpha value is -1.12. The second-order valence-corrected chi connectivity index (χ2v) is 3.22. The van der Waals surface area contributed by atoms with Crippen LogP contribution in [0.4, 0.5) is 0 Å². The molecule has 3 heteroatoms. The van der Waals surface area contributed by atoms with Crippen LogP contribution in [0.15, 0.2) is 6.20 Å². The molecule has 1 rings (SSSR count). The average Bonchev–Trinajstić information content (AvgIpc) is 2.16. The number of hydrogen-bond donors (Lipinski definition) is 0. The van der Waals surface area contributed by atoms with Crippen molar-refractivity contribution in [1.82, 2.24) is 9.97 Å². The topological polar surface area (TPSA) is 35.0 Å². The molecule has 0 bridgehead atoms. The normalized spacial score (nSPS) is 12.6. The van der Waals surface area contributed by atoms with Crippen LogP contribution in [0.3, 0.4) is 0 Å². The lowest BCUT2D eigenvalue weighted by Crippen LogP contribution is -2.03. The van der Waals surface area contributed by atoms with Gasteiger partial charge in [-0.15, -0.1) is 0 Å². The highest BCUT2D eigenvalue weighted by atomic mass is 16.5. The van der Waals surface area contributed by atoms with Gasteiger partial charge in [0, 0.05) is 5.92 Å². The van der Waals surface area contributed by atoms with Gasteiger partial charge in [0.2, 0.25) is 5.88 Å². The Morgan fingerprint density at radius 1 is 1.54 bits per heavy atom. The zero-order valence-electron chi connectivity index (χ0n) is 8.66. The first-order valence-corrected chi connectivity index (χ1v) is 4.56. The first-order valence-electron chi connectivity index (χ1n) is 4.56. The maximum Gasteiger partial charge on any atom is 0.235 e. The molecule has 0 N–H and O–H groups in total. The van der Waals surface area contributed by atoms with Crippen molar-refractivity contribution in [3.05, 3.63) is 17.6 Å².